The van der Waals surface area contributed by atoms with Crippen molar-refractivity contribution in [3.05, 3.63) is 53.5 Å². The number of methoxy groups -OCH3 is 1. The largest absolute Gasteiger partial charge is 0.465 e. The molecule has 1 amide bonds. The van der Waals surface area contributed by atoms with Crippen molar-refractivity contribution in [2.45, 2.75) is 6.92 Å². The van der Waals surface area contributed by atoms with Gasteiger partial charge in [-0.05, 0) is 31.2 Å². The van der Waals surface area contributed by atoms with Gasteiger partial charge < -0.3 is 10.1 Å². The van der Waals surface area contributed by atoms with Crippen LogP contribution in [0.15, 0.2) is 36.5 Å². The number of benzene rings is 1. The Hall–Kier alpha value is -3.22. The maximum atomic E-state index is 12.4. The van der Waals surface area contributed by atoms with Gasteiger partial charge in [-0.3, -0.25) is 9.89 Å². The molecule has 0 atom stereocenters. The maximum absolute atomic E-state index is 12.4. The Morgan fingerprint density at radius 1 is 1.26 bits per heavy atom. The molecular formula is C16H14N4O3. The zero-order valence-corrected chi connectivity index (χ0v) is 12.6. The van der Waals surface area contributed by atoms with Crippen LogP contribution in [0.1, 0.15) is 26.5 Å². The summed E-state index contributed by atoms with van der Waals surface area (Å²) >= 11 is 0. The fourth-order valence-electron chi connectivity index (χ4n) is 2.23. The van der Waals surface area contributed by atoms with E-state index in [2.05, 4.69) is 20.5 Å². The Kier molecular flexibility index (Phi) is 3.76. The summed E-state index contributed by atoms with van der Waals surface area (Å²) in [4.78, 5) is 28.5. The topological polar surface area (TPSA) is 97.0 Å². The summed E-state index contributed by atoms with van der Waals surface area (Å²) in [6.07, 6.45) is 1.61. The normalized spacial score (nSPS) is 10.5. The number of aromatic amines is 1. The highest BCUT2D eigenvalue weighted by Gasteiger charge is 2.17. The van der Waals surface area contributed by atoms with Crippen LogP contribution in [-0.4, -0.2) is 34.2 Å². The molecule has 0 aliphatic heterocycles. The van der Waals surface area contributed by atoms with Gasteiger partial charge >= 0.3 is 5.97 Å². The molecule has 7 nitrogen and oxygen atoms in total. The Balaban J connectivity index is 2.00. The predicted molar refractivity (Wildman–Crippen MR) is 84.4 cm³/mol. The number of carbonyl (C=O) groups excluding carboxylic acids is 2. The summed E-state index contributed by atoms with van der Waals surface area (Å²) in [6.45, 7) is 1.80. The van der Waals surface area contributed by atoms with E-state index in [0.717, 1.165) is 11.1 Å². The number of fused-ring (bicyclic) bond motifs is 1. The predicted octanol–water partition coefficient (Wildman–Crippen LogP) is 2.31. The molecule has 0 fully saturated rings. The van der Waals surface area contributed by atoms with E-state index in [9.17, 15) is 9.59 Å². The molecule has 0 bridgehead atoms. The molecule has 0 aliphatic rings. The minimum Gasteiger partial charge on any atom is -0.465 e. The molecule has 7 heteroatoms. The van der Waals surface area contributed by atoms with Gasteiger partial charge in [0.05, 0.1) is 30.1 Å². The molecule has 2 N–H and O–H groups in total. The number of aryl methyl sites for hydroxylation is 1. The van der Waals surface area contributed by atoms with E-state index in [1.165, 1.54) is 7.11 Å². The van der Waals surface area contributed by atoms with E-state index in [4.69, 9.17) is 4.74 Å². The number of anilines is 1. The van der Waals surface area contributed by atoms with Gasteiger partial charge in [-0.2, -0.15) is 5.10 Å². The molecule has 3 aromatic rings. The van der Waals surface area contributed by atoms with Crippen LogP contribution in [0.25, 0.3) is 10.9 Å². The fourth-order valence-corrected chi connectivity index (χ4v) is 2.23. The first-order valence-electron chi connectivity index (χ1n) is 6.89. The molecule has 2 heterocycles. The molecule has 0 aliphatic carbocycles. The summed E-state index contributed by atoms with van der Waals surface area (Å²) in [5.74, 6) is -0.948. The van der Waals surface area contributed by atoms with Crippen LogP contribution < -0.4 is 5.32 Å². The number of H-pyrrole nitrogens is 1. The number of nitrogens with one attached hydrogen (secondary N) is 2. The molecule has 0 radical (unpaired) electrons. The summed E-state index contributed by atoms with van der Waals surface area (Å²) in [6, 6.07) is 8.41. The second-order valence-electron chi connectivity index (χ2n) is 4.96. The lowest BCUT2D eigenvalue weighted by molar-refractivity contribution is 0.0602. The first-order chi connectivity index (χ1) is 11.1. The van der Waals surface area contributed by atoms with Crippen molar-refractivity contribution in [3.8, 4) is 0 Å². The van der Waals surface area contributed by atoms with Crippen LogP contribution in [-0.2, 0) is 4.74 Å². The van der Waals surface area contributed by atoms with E-state index in [0.29, 0.717) is 11.2 Å². The average molecular weight is 310 g/mol. The highest BCUT2D eigenvalue weighted by molar-refractivity contribution is 6.09. The van der Waals surface area contributed by atoms with Crippen LogP contribution in [0.5, 0.6) is 0 Å². The van der Waals surface area contributed by atoms with Crippen molar-refractivity contribution in [1.82, 2.24) is 15.2 Å². The number of rotatable bonds is 3. The molecule has 3 rings (SSSR count). The van der Waals surface area contributed by atoms with E-state index < -0.39 is 11.9 Å². The van der Waals surface area contributed by atoms with E-state index >= 15 is 0 Å². The van der Waals surface area contributed by atoms with Crippen LogP contribution >= 0.6 is 0 Å². The number of carbonyl (C=O) groups is 2. The zero-order valence-electron chi connectivity index (χ0n) is 12.6. The van der Waals surface area contributed by atoms with Crippen molar-refractivity contribution >= 4 is 28.5 Å². The fraction of sp³-hybridized carbons (Fsp3) is 0.125. The van der Waals surface area contributed by atoms with E-state index in [-0.39, 0.29) is 11.3 Å². The number of ether oxygens (including phenoxy) is 1. The quantitative estimate of drug-likeness (QED) is 0.723. The van der Waals surface area contributed by atoms with Crippen molar-refractivity contribution in [1.29, 1.82) is 0 Å². The van der Waals surface area contributed by atoms with Crippen molar-refractivity contribution in [2.75, 3.05) is 12.4 Å². The lowest BCUT2D eigenvalue weighted by Gasteiger charge is -2.10. The second-order valence-corrected chi connectivity index (χ2v) is 4.96. The number of aromatic nitrogens is 3. The number of esters is 1. The highest BCUT2D eigenvalue weighted by Crippen LogP contribution is 2.24. The number of nitrogens with zero attached hydrogens (tertiary/aromatic N) is 2. The molecule has 0 unspecified atom stereocenters. The molecule has 23 heavy (non-hydrogen) atoms. The second kappa shape index (κ2) is 5.88. The Morgan fingerprint density at radius 3 is 2.83 bits per heavy atom. The standard InChI is InChI=1S/C16H14N4O3/c1-9-4-3-5-12(18-9)15(21)19-14-6-10-8-17-20-13(10)7-11(14)16(22)23-2/h3-8H,1-2H3,(H,17,20)(H,19,21). The van der Waals surface area contributed by atoms with Crippen LogP contribution in [0, 0.1) is 6.92 Å². The van der Waals surface area contributed by atoms with Crippen molar-refractivity contribution in [2.24, 2.45) is 0 Å². The first kappa shape index (κ1) is 14.7. The summed E-state index contributed by atoms with van der Waals surface area (Å²) in [7, 11) is 1.28. The summed E-state index contributed by atoms with van der Waals surface area (Å²) < 4.78 is 4.77. The maximum Gasteiger partial charge on any atom is 0.340 e. The van der Waals surface area contributed by atoms with Crippen LogP contribution in [0.4, 0.5) is 5.69 Å². The van der Waals surface area contributed by atoms with Crippen molar-refractivity contribution < 1.29 is 14.3 Å². The third kappa shape index (κ3) is 2.89. The SMILES string of the molecule is COC(=O)c1cc2[nH]ncc2cc1NC(=O)c1cccc(C)n1. The monoisotopic (exact) mass is 310 g/mol. The molecule has 116 valence electrons. The Morgan fingerprint density at radius 2 is 2.09 bits per heavy atom. The molecule has 1 aromatic carbocycles. The van der Waals surface area contributed by atoms with Crippen LogP contribution in [0.2, 0.25) is 0 Å². The molecule has 0 saturated carbocycles. The third-order valence-electron chi connectivity index (χ3n) is 3.35. The van der Waals surface area contributed by atoms with Gasteiger partial charge in [0.25, 0.3) is 5.91 Å². The molecular weight excluding hydrogens is 296 g/mol. The van der Waals surface area contributed by atoms with Gasteiger partial charge in [0.1, 0.15) is 5.69 Å². The number of amides is 1. The third-order valence-corrected chi connectivity index (χ3v) is 3.35. The van der Waals surface area contributed by atoms with Crippen molar-refractivity contribution in [3.63, 3.8) is 0 Å². The highest BCUT2D eigenvalue weighted by atomic mass is 16.5. The number of hydrogen-bond donors (Lipinski definition) is 2. The molecule has 0 spiro atoms. The summed E-state index contributed by atoms with van der Waals surface area (Å²) in [5, 5.41) is 10.2. The average Bonchev–Trinajstić information content (AvgIpc) is 3.00. The Labute approximate surface area is 131 Å². The van der Waals surface area contributed by atoms with Gasteiger partial charge in [-0.15, -0.1) is 0 Å². The van der Waals surface area contributed by atoms with Gasteiger partial charge in [-0.1, -0.05) is 6.07 Å². The van der Waals surface area contributed by atoms with Gasteiger partial charge in [0.15, 0.2) is 0 Å². The van der Waals surface area contributed by atoms with Gasteiger partial charge in [0.2, 0.25) is 0 Å². The smallest absolute Gasteiger partial charge is 0.340 e. The van der Waals surface area contributed by atoms with E-state index in [1.54, 1.807) is 43.5 Å². The van der Waals surface area contributed by atoms with Gasteiger partial charge in [0, 0.05) is 11.1 Å². The first-order valence-corrected chi connectivity index (χ1v) is 6.89. The zero-order chi connectivity index (χ0) is 16.4. The summed E-state index contributed by atoms with van der Waals surface area (Å²) in [5.41, 5.74) is 2.27. The van der Waals surface area contributed by atoms with Crippen LogP contribution in [0.3, 0.4) is 0 Å². The number of hydrogen-bond acceptors (Lipinski definition) is 5. The van der Waals surface area contributed by atoms with Gasteiger partial charge in [-0.25, -0.2) is 9.78 Å². The molecule has 2 aromatic heterocycles. The lowest BCUT2D eigenvalue weighted by Crippen LogP contribution is -2.17. The van der Waals surface area contributed by atoms with E-state index in [1.807, 2.05) is 0 Å². The minimum atomic E-state index is -0.547. The Bertz CT molecular complexity index is 901. The number of pyridine rings is 1. The minimum absolute atomic E-state index is 0.241. The lowest BCUT2D eigenvalue weighted by atomic mass is 10.1. The molecule has 0 saturated heterocycles.